The van der Waals surface area contributed by atoms with Crippen LogP contribution in [0, 0.1) is 0 Å². The first-order chi connectivity index (χ1) is 39.5. The third kappa shape index (κ3) is 66.4. The fourth-order valence-electron chi connectivity index (χ4n) is 10.9. The summed E-state index contributed by atoms with van der Waals surface area (Å²) in [5.41, 5.74) is 0. The number of rotatable bonds is 67. The van der Waals surface area contributed by atoms with Crippen molar-refractivity contribution < 1.29 is 28.6 Å². The van der Waals surface area contributed by atoms with Crippen LogP contribution in [0.15, 0.2) is 36.5 Å². The number of allylic oxidation sites excluding steroid dienone is 6. The minimum atomic E-state index is -0.770. The van der Waals surface area contributed by atoms with E-state index in [0.29, 0.717) is 19.3 Å². The van der Waals surface area contributed by atoms with Gasteiger partial charge in [0.2, 0.25) is 0 Å². The van der Waals surface area contributed by atoms with E-state index in [9.17, 15) is 14.4 Å². The van der Waals surface area contributed by atoms with E-state index in [-0.39, 0.29) is 31.1 Å². The molecule has 0 aliphatic rings. The average Bonchev–Trinajstić information content (AvgIpc) is 3.46. The van der Waals surface area contributed by atoms with Gasteiger partial charge in [-0.15, -0.1) is 0 Å². The second-order valence-corrected chi connectivity index (χ2v) is 24.5. The SMILES string of the molecule is CCCCCCC/C=C\C/C=C\CCCCCCCCCCCCCCCCCCCC(=O)OCC(COC(=O)CCCCCCCCCCCCCCCC)OC(=O)CCCCCCCCCCC/C=C\CCCCCCCC. The monoisotopic (exact) mass is 1120 g/mol. The standard InChI is InChI=1S/C74H138O6/c1-4-7-10-13-16-19-22-25-28-30-32-33-34-35-36-37-38-39-40-41-43-44-46-49-52-55-58-61-64-67-73(76)79-70-71(69-78-72(75)66-63-60-57-54-51-48-27-24-21-18-15-12-9-6-3)80-74(77)68-65-62-59-56-53-50-47-45-42-31-29-26-23-20-17-14-11-8-5-2/h22,25-26,29-30,32,71H,4-21,23-24,27-28,31,33-70H2,1-3H3/b25-22-,29-26-,32-30-. The van der Waals surface area contributed by atoms with Gasteiger partial charge in [0.1, 0.15) is 13.2 Å². The molecule has 0 rings (SSSR count). The Morgan fingerprint density at radius 3 is 0.700 bits per heavy atom. The lowest BCUT2D eigenvalue weighted by Crippen LogP contribution is -2.30. The summed E-state index contributed by atoms with van der Waals surface area (Å²) in [7, 11) is 0. The van der Waals surface area contributed by atoms with Crippen molar-refractivity contribution >= 4 is 17.9 Å². The van der Waals surface area contributed by atoms with Crippen molar-refractivity contribution in [1.82, 2.24) is 0 Å². The summed E-state index contributed by atoms with van der Waals surface area (Å²) < 4.78 is 17.0. The van der Waals surface area contributed by atoms with E-state index >= 15 is 0 Å². The molecule has 0 fully saturated rings. The van der Waals surface area contributed by atoms with Crippen molar-refractivity contribution in [3.63, 3.8) is 0 Å². The number of hydrogen-bond donors (Lipinski definition) is 0. The first kappa shape index (κ1) is 77.6. The molecule has 1 unspecified atom stereocenters. The van der Waals surface area contributed by atoms with Crippen LogP contribution in [-0.4, -0.2) is 37.2 Å². The van der Waals surface area contributed by atoms with Crippen LogP contribution in [0.5, 0.6) is 0 Å². The minimum absolute atomic E-state index is 0.0667. The van der Waals surface area contributed by atoms with Crippen molar-refractivity contribution in [2.45, 2.75) is 406 Å². The zero-order valence-electron chi connectivity index (χ0n) is 54.1. The lowest BCUT2D eigenvalue weighted by Gasteiger charge is -2.18. The van der Waals surface area contributed by atoms with Gasteiger partial charge in [-0.25, -0.2) is 0 Å². The highest BCUT2D eigenvalue weighted by atomic mass is 16.6. The van der Waals surface area contributed by atoms with Crippen molar-refractivity contribution in [1.29, 1.82) is 0 Å². The van der Waals surface area contributed by atoms with Crippen LogP contribution >= 0.6 is 0 Å². The van der Waals surface area contributed by atoms with Gasteiger partial charge in [0.25, 0.3) is 0 Å². The van der Waals surface area contributed by atoms with Crippen LogP contribution in [-0.2, 0) is 28.6 Å². The van der Waals surface area contributed by atoms with Gasteiger partial charge in [-0.2, -0.15) is 0 Å². The Bertz CT molecular complexity index is 1340. The van der Waals surface area contributed by atoms with Crippen molar-refractivity contribution in [2.24, 2.45) is 0 Å². The molecule has 470 valence electrons. The molecule has 0 heterocycles. The Hall–Kier alpha value is -2.37. The van der Waals surface area contributed by atoms with Crippen LogP contribution in [0.4, 0.5) is 0 Å². The third-order valence-electron chi connectivity index (χ3n) is 16.4. The normalized spacial score (nSPS) is 12.2. The van der Waals surface area contributed by atoms with Gasteiger partial charge in [0.15, 0.2) is 6.10 Å². The Balaban J connectivity index is 4.20. The van der Waals surface area contributed by atoms with Crippen molar-refractivity contribution in [3.05, 3.63) is 36.5 Å². The highest BCUT2D eigenvalue weighted by Gasteiger charge is 2.19. The highest BCUT2D eigenvalue weighted by molar-refractivity contribution is 5.71. The van der Waals surface area contributed by atoms with Crippen molar-refractivity contribution in [3.8, 4) is 0 Å². The summed E-state index contributed by atoms with van der Waals surface area (Å²) in [5, 5.41) is 0. The molecule has 0 N–H and O–H groups in total. The number of esters is 3. The molecule has 0 radical (unpaired) electrons. The fraction of sp³-hybridized carbons (Fsp3) is 0.878. The van der Waals surface area contributed by atoms with Crippen LogP contribution in [0.25, 0.3) is 0 Å². The Morgan fingerprint density at radius 1 is 0.250 bits per heavy atom. The van der Waals surface area contributed by atoms with Crippen LogP contribution in [0.1, 0.15) is 400 Å². The van der Waals surface area contributed by atoms with E-state index in [0.717, 1.165) is 64.2 Å². The maximum Gasteiger partial charge on any atom is 0.306 e. The predicted molar refractivity (Wildman–Crippen MR) is 349 cm³/mol. The molecule has 6 nitrogen and oxygen atoms in total. The molecule has 1 atom stereocenters. The second-order valence-electron chi connectivity index (χ2n) is 24.5. The molecule has 0 aliphatic heterocycles. The van der Waals surface area contributed by atoms with Gasteiger partial charge in [-0.3, -0.25) is 14.4 Å². The summed E-state index contributed by atoms with van der Waals surface area (Å²) in [6.07, 6.45) is 86.0. The summed E-state index contributed by atoms with van der Waals surface area (Å²) in [6, 6.07) is 0. The molecular formula is C74H138O6. The number of carbonyl (C=O) groups is 3. The predicted octanol–water partition coefficient (Wildman–Crippen LogP) is 24.7. The average molecular weight is 1120 g/mol. The zero-order chi connectivity index (χ0) is 57.8. The van der Waals surface area contributed by atoms with Gasteiger partial charge in [0.05, 0.1) is 0 Å². The number of unbranched alkanes of at least 4 members (excludes halogenated alkanes) is 50. The smallest absolute Gasteiger partial charge is 0.306 e. The fourth-order valence-corrected chi connectivity index (χ4v) is 10.9. The van der Waals surface area contributed by atoms with Crippen molar-refractivity contribution in [2.75, 3.05) is 13.2 Å². The first-order valence-electron chi connectivity index (χ1n) is 36.0. The van der Waals surface area contributed by atoms with E-state index in [4.69, 9.17) is 14.2 Å². The molecule has 0 bridgehead atoms. The molecule has 80 heavy (non-hydrogen) atoms. The minimum Gasteiger partial charge on any atom is -0.462 e. The summed E-state index contributed by atoms with van der Waals surface area (Å²) >= 11 is 0. The van der Waals surface area contributed by atoms with Gasteiger partial charge in [-0.1, -0.05) is 340 Å². The number of carbonyl (C=O) groups excluding carboxylic acids is 3. The topological polar surface area (TPSA) is 78.9 Å². The molecule has 0 saturated heterocycles. The maximum atomic E-state index is 12.9. The van der Waals surface area contributed by atoms with Crippen LogP contribution in [0.2, 0.25) is 0 Å². The van der Waals surface area contributed by atoms with Crippen LogP contribution in [0.3, 0.4) is 0 Å². The Kier molecular flexibility index (Phi) is 67.1. The molecule has 0 aromatic heterocycles. The molecule has 0 amide bonds. The lowest BCUT2D eigenvalue weighted by atomic mass is 10.0. The van der Waals surface area contributed by atoms with Gasteiger partial charge >= 0.3 is 17.9 Å². The molecule has 0 aromatic rings. The quantitative estimate of drug-likeness (QED) is 0.0261. The van der Waals surface area contributed by atoms with Gasteiger partial charge < -0.3 is 14.2 Å². The maximum absolute atomic E-state index is 12.9. The largest absolute Gasteiger partial charge is 0.462 e. The Morgan fingerprint density at radius 2 is 0.450 bits per heavy atom. The van der Waals surface area contributed by atoms with E-state index in [2.05, 4.69) is 57.2 Å². The first-order valence-corrected chi connectivity index (χ1v) is 36.0. The molecular weight excluding hydrogens is 985 g/mol. The molecule has 6 heteroatoms. The lowest BCUT2D eigenvalue weighted by molar-refractivity contribution is -0.167. The highest BCUT2D eigenvalue weighted by Crippen LogP contribution is 2.18. The molecule has 0 spiro atoms. The Labute approximate surface area is 499 Å². The van der Waals surface area contributed by atoms with E-state index in [1.807, 2.05) is 0 Å². The van der Waals surface area contributed by atoms with Crippen LogP contribution < -0.4 is 0 Å². The zero-order valence-corrected chi connectivity index (χ0v) is 54.1. The van der Waals surface area contributed by atoms with Gasteiger partial charge in [0, 0.05) is 19.3 Å². The van der Waals surface area contributed by atoms with E-state index < -0.39 is 6.10 Å². The molecule has 0 aliphatic carbocycles. The molecule has 0 aromatic carbocycles. The number of hydrogen-bond acceptors (Lipinski definition) is 6. The summed E-state index contributed by atoms with van der Waals surface area (Å²) in [6.45, 7) is 6.70. The summed E-state index contributed by atoms with van der Waals surface area (Å²) in [5.74, 6) is -0.838. The molecule has 0 saturated carbocycles. The third-order valence-corrected chi connectivity index (χ3v) is 16.4. The second kappa shape index (κ2) is 69.1. The van der Waals surface area contributed by atoms with Gasteiger partial charge in [-0.05, 0) is 77.0 Å². The van der Waals surface area contributed by atoms with E-state index in [1.54, 1.807) is 0 Å². The number of ether oxygens (including phenoxy) is 3. The summed E-state index contributed by atoms with van der Waals surface area (Å²) in [4.78, 5) is 38.4. The van der Waals surface area contributed by atoms with E-state index in [1.165, 1.54) is 295 Å².